The van der Waals surface area contributed by atoms with Crippen molar-refractivity contribution in [2.45, 2.75) is 39.5 Å². The molecule has 1 aliphatic carbocycles. The zero-order valence-corrected chi connectivity index (χ0v) is 23.4. The second-order valence-corrected chi connectivity index (χ2v) is 10.3. The van der Waals surface area contributed by atoms with E-state index < -0.39 is 22.2 Å². The van der Waals surface area contributed by atoms with Gasteiger partial charge in [0, 0.05) is 35.5 Å². The smallest absolute Gasteiger partial charge is 0.338 e. The van der Waals surface area contributed by atoms with Crippen molar-refractivity contribution < 1.29 is 33.5 Å². The van der Waals surface area contributed by atoms with E-state index in [2.05, 4.69) is 0 Å². The van der Waals surface area contributed by atoms with Gasteiger partial charge in [-0.1, -0.05) is 13.8 Å². The van der Waals surface area contributed by atoms with E-state index in [-0.39, 0.29) is 35.9 Å². The molecule has 0 fully saturated rings. The number of nitrogens with two attached hydrogens (primary N) is 1. The Labute approximate surface area is 232 Å². The molecule has 0 saturated carbocycles. The third-order valence-electron chi connectivity index (χ3n) is 7.10. The van der Waals surface area contributed by atoms with Gasteiger partial charge < -0.3 is 24.7 Å². The van der Waals surface area contributed by atoms with E-state index >= 15 is 0 Å². The molecule has 212 valence electrons. The molecule has 2 N–H and O–H groups in total. The summed E-state index contributed by atoms with van der Waals surface area (Å²) in [6, 6.07) is 9.19. The Morgan fingerprint density at radius 1 is 1.07 bits per heavy atom. The van der Waals surface area contributed by atoms with Gasteiger partial charge in [-0.05, 0) is 48.6 Å². The second kappa shape index (κ2) is 10.9. The maximum absolute atomic E-state index is 13.9. The van der Waals surface area contributed by atoms with Crippen LogP contribution in [0.25, 0.3) is 0 Å². The number of esters is 1. The molecule has 40 heavy (non-hydrogen) atoms. The molecule has 0 amide bonds. The molecule has 2 aromatic carbocycles. The van der Waals surface area contributed by atoms with Crippen LogP contribution >= 0.6 is 0 Å². The monoisotopic (exact) mass is 551 g/mol. The molecule has 2 aliphatic rings. The van der Waals surface area contributed by atoms with E-state index in [1.807, 2.05) is 13.8 Å². The summed E-state index contributed by atoms with van der Waals surface area (Å²) in [6.07, 6.45) is 0.708. The van der Waals surface area contributed by atoms with E-state index in [4.69, 9.17) is 24.7 Å². The predicted molar refractivity (Wildman–Crippen MR) is 147 cm³/mol. The van der Waals surface area contributed by atoms with Crippen LogP contribution in [0.1, 0.15) is 45.1 Å². The number of nitro groups is 1. The highest BCUT2D eigenvalue weighted by molar-refractivity contribution is 6.05. The van der Waals surface area contributed by atoms with E-state index in [0.717, 1.165) is 0 Å². The fraction of sp³-hybridized carbons (Fsp3) is 0.379. The molecule has 0 radical (unpaired) electrons. The first kappa shape index (κ1) is 28.5. The van der Waals surface area contributed by atoms with Gasteiger partial charge in [-0.25, -0.2) is 4.79 Å². The lowest BCUT2D eigenvalue weighted by Gasteiger charge is -2.44. The number of rotatable bonds is 8. The molecule has 0 aromatic heterocycles. The van der Waals surface area contributed by atoms with Crippen LogP contribution in [0.15, 0.2) is 59.1 Å². The van der Waals surface area contributed by atoms with Gasteiger partial charge in [0.05, 0.1) is 44.4 Å². The number of nitro benzene ring substituents is 1. The van der Waals surface area contributed by atoms with Gasteiger partial charge in [0.15, 0.2) is 17.3 Å². The van der Waals surface area contributed by atoms with Gasteiger partial charge in [0.2, 0.25) is 5.75 Å². The van der Waals surface area contributed by atoms with Gasteiger partial charge in [-0.3, -0.25) is 19.8 Å². The Balaban J connectivity index is 2.06. The van der Waals surface area contributed by atoms with Gasteiger partial charge in [0.1, 0.15) is 5.82 Å². The number of non-ortho nitro benzene ring substituents is 1. The van der Waals surface area contributed by atoms with Crippen molar-refractivity contribution in [3.05, 3.63) is 74.7 Å². The number of hydrogen-bond donors (Lipinski definition) is 1. The summed E-state index contributed by atoms with van der Waals surface area (Å²) in [5.74, 6) is -0.599. The normalized spacial score (nSPS) is 18.3. The number of benzene rings is 2. The Morgan fingerprint density at radius 2 is 1.68 bits per heavy atom. The molecule has 1 aliphatic heterocycles. The first-order chi connectivity index (χ1) is 19.0. The summed E-state index contributed by atoms with van der Waals surface area (Å²) >= 11 is 0. The number of anilines is 1. The predicted octanol–water partition coefficient (Wildman–Crippen LogP) is 4.60. The third kappa shape index (κ3) is 4.94. The van der Waals surface area contributed by atoms with Crippen molar-refractivity contribution in [3.63, 3.8) is 0 Å². The lowest BCUT2D eigenvalue weighted by atomic mass is 9.68. The van der Waals surface area contributed by atoms with E-state index in [1.165, 1.54) is 33.5 Å². The first-order valence-electron chi connectivity index (χ1n) is 12.7. The molecule has 11 nitrogen and oxygen atoms in total. The number of ketones is 1. The highest BCUT2D eigenvalue weighted by Gasteiger charge is 2.47. The highest BCUT2D eigenvalue weighted by atomic mass is 16.6. The van der Waals surface area contributed by atoms with Crippen molar-refractivity contribution in [2.75, 3.05) is 32.8 Å². The van der Waals surface area contributed by atoms with Gasteiger partial charge in [-0.2, -0.15) is 0 Å². The van der Waals surface area contributed by atoms with Gasteiger partial charge in [-0.15, -0.1) is 0 Å². The summed E-state index contributed by atoms with van der Waals surface area (Å²) in [5.41, 5.74) is 8.37. The van der Waals surface area contributed by atoms with Crippen LogP contribution in [0.4, 0.5) is 11.4 Å². The summed E-state index contributed by atoms with van der Waals surface area (Å²) in [7, 11) is 4.44. The summed E-state index contributed by atoms with van der Waals surface area (Å²) in [4.78, 5) is 39.9. The van der Waals surface area contributed by atoms with Crippen LogP contribution < -0.4 is 24.8 Å². The third-order valence-corrected chi connectivity index (χ3v) is 7.10. The van der Waals surface area contributed by atoms with Crippen LogP contribution in [0.2, 0.25) is 0 Å². The van der Waals surface area contributed by atoms with Crippen LogP contribution in [0.5, 0.6) is 17.2 Å². The minimum atomic E-state index is -0.888. The first-order valence-corrected chi connectivity index (χ1v) is 12.7. The maximum atomic E-state index is 13.9. The zero-order chi connectivity index (χ0) is 29.4. The molecular weight excluding hydrogens is 518 g/mol. The van der Waals surface area contributed by atoms with E-state index in [1.54, 1.807) is 36.1 Å². The average Bonchev–Trinajstić information content (AvgIpc) is 2.91. The van der Waals surface area contributed by atoms with Crippen molar-refractivity contribution >= 4 is 23.1 Å². The van der Waals surface area contributed by atoms with Crippen molar-refractivity contribution in [1.29, 1.82) is 0 Å². The number of hydrogen-bond acceptors (Lipinski definition) is 10. The molecule has 1 atom stereocenters. The van der Waals surface area contributed by atoms with Gasteiger partial charge >= 0.3 is 5.97 Å². The van der Waals surface area contributed by atoms with E-state index in [9.17, 15) is 19.7 Å². The molecule has 0 bridgehead atoms. The quantitative estimate of drug-likeness (QED) is 0.281. The number of carbonyl (C=O) groups is 2. The Morgan fingerprint density at radius 3 is 2.17 bits per heavy atom. The molecular formula is C29H33N3O8. The molecule has 1 heterocycles. The largest absolute Gasteiger partial charge is 0.493 e. The van der Waals surface area contributed by atoms with Crippen molar-refractivity contribution in [2.24, 2.45) is 11.1 Å². The lowest BCUT2D eigenvalue weighted by molar-refractivity contribution is -0.384. The molecule has 2 aromatic rings. The number of Topliss-reactive ketones (excluding diaryl/α,β-unsaturated/α-hetero) is 1. The molecule has 11 heteroatoms. The van der Waals surface area contributed by atoms with Crippen molar-refractivity contribution in [1.82, 2.24) is 0 Å². The standard InChI is InChI=1S/C29H33N3O8/c1-7-40-28(34)25-23(16-12-21(37-4)26(39-6)22(13-16)38-5)24-19(14-29(2,3)15-20(24)33)31(27(25)30)17-8-10-18(11-9-17)32(35)36/h8-13,23H,7,14-15,30H2,1-6H3/t23-/m0/s1. The number of methoxy groups -OCH3 is 3. The minimum absolute atomic E-state index is 0.0651. The lowest BCUT2D eigenvalue weighted by Crippen LogP contribution is -2.43. The topological polar surface area (TPSA) is 143 Å². The molecule has 0 unspecified atom stereocenters. The molecule has 4 rings (SSSR count). The number of ether oxygens (including phenoxy) is 4. The van der Waals surface area contributed by atoms with Crippen LogP contribution in [0.3, 0.4) is 0 Å². The van der Waals surface area contributed by atoms with Crippen LogP contribution in [-0.2, 0) is 14.3 Å². The highest BCUT2D eigenvalue weighted by Crippen LogP contribution is 2.52. The molecule has 0 spiro atoms. The summed E-state index contributed by atoms with van der Waals surface area (Å²) < 4.78 is 22.0. The average molecular weight is 552 g/mol. The fourth-order valence-corrected chi connectivity index (χ4v) is 5.44. The maximum Gasteiger partial charge on any atom is 0.338 e. The van der Waals surface area contributed by atoms with Crippen LogP contribution in [0, 0.1) is 15.5 Å². The number of carbonyl (C=O) groups excluding carboxylic acids is 2. The Bertz CT molecular complexity index is 1400. The zero-order valence-electron chi connectivity index (χ0n) is 23.4. The number of nitrogens with zero attached hydrogens (tertiary/aromatic N) is 2. The summed E-state index contributed by atoms with van der Waals surface area (Å²) in [5, 5.41) is 11.3. The minimum Gasteiger partial charge on any atom is -0.493 e. The Kier molecular flexibility index (Phi) is 7.77. The van der Waals surface area contributed by atoms with Gasteiger partial charge in [0.25, 0.3) is 5.69 Å². The molecule has 0 saturated heterocycles. The number of allylic oxidation sites excluding steroid dienone is 2. The fourth-order valence-electron chi connectivity index (χ4n) is 5.44. The SMILES string of the molecule is CCOC(=O)C1=C(N)N(c2ccc([N+](=O)[O-])cc2)C2=C(C(=O)CC(C)(C)C2)[C@@H]1c1cc(OC)c(OC)c(OC)c1. The second-order valence-electron chi connectivity index (χ2n) is 10.3. The van der Waals surface area contributed by atoms with E-state index in [0.29, 0.717) is 46.2 Å². The Hall–Kier alpha value is -4.54. The van der Waals surface area contributed by atoms with Crippen LogP contribution in [-0.4, -0.2) is 44.6 Å². The van der Waals surface area contributed by atoms with Crippen molar-refractivity contribution in [3.8, 4) is 17.2 Å². The summed E-state index contributed by atoms with van der Waals surface area (Å²) in [6.45, 7) is 5.73.